The van der Waals surface area contributed by atoms with Gasteiger partial charge < -0.3 is 4.74 Å². The smallest absolute Gasteiger partial charge is 0.0466 e. The van der Waals surface area contributed by atoms with Crippen LogP contribution in [0.1, 0.15) is 12.8 Å². The van der Waals surface area contributed by atoms with Gasteiger partial charge in [0.1, 0.15) is 0 Å². The van der Waals surface area contributed by atoms with E-state index in [-0.39, 0.29) is 51.4 Å². The fraction of sp³-hybridized carbons (Fsp3) is 1.00. The minimum absolute atomic E-state index is 0. The van der Waals surface area contributed by atoms with Crippen LogP contribution in [0.2, 0.25) is 0 Å². The fourth-order valence-electron chi connectivity index (χ4n) is 0.510. The van der Waals surface area contributed by atoms with Crippen molar-refractivity contribution in [2.75, 3.05) is 13.2 Å². The van der Waals surface area contributed by atoms with Gasteiger partial charge in [-0.15, -0.1) is 0 Å². The van der Waals surface area contributed by atoms with Crippen molar-refractivity contribution >= 4 is 51.4 Å². The molecule has 1 aliphatic heterocycles. The standard InChI is InChI=1S/C4H8O.K/c1-2-4-5-3-1;/h1-4H2;. The first-order chi connectivity index (χ1) is 2.50. The second kappa shape index (κ2) is 4.75. The molecule has 1 heterocycles. The van der Waals surface area contributed by atoms with Crippen LogP contribution < -0.4 is 0 Å². The van der Waals surface area contributed by atoms with E-state index in [9.17, 15) is 0 Å². The van der Waals surface area contributed by atoms with Gasteiger partial charge in [-0.2, -0.15) is 0 Å². The summed E-state index contributed by atoms with van der Waals surface area (Å²) < 4.78 is 4.94. The molecule has 2 heteroatoms. The average Bonchev–Trinajstić information content (AvgIpc) is 1.76. The number of ether oxygens (including phenoxy) is 1. The predicted octanol–water partition coefficient (Wildman–Crippen LogP) is 0.416. The maximum Gasteiger partial charge on any atom is 0.0466 e. The monoisotopic (exact) mass is 111 g/mol. The first-order valence-corrected chi connectivity index (χ1v) is 2.08. The van der Waals surface area contributed by atoms with Crippen molar-refractivity contribution < 1.29 is 4.74 Å². The van der Waals surface area contributed by atoms with Crippen LogP contribution >= 0.6 is 0 Å². The van der Waals surface area contributed by atoms with Crippen molar-refractivity contribution in [3.8, 4) is 0 Å². The fourth-order valence-corrected chi connectivity index (χ4v) is 0.510. The summed E-state index contributed by atoms with van der Waals surface area (Å²) in [6.45, 7) is 2.00. The summed E-state index contributed by atoms with van der Waals surface area (Å²) >= 11 is 0. The van der Waals surface area contributed by atoms with Crippen LogP contribution in [0, 0.1) is 0 Å². The molecule has 0 aliphatic carbocycles. The van der Waals surface area contributed by atoms with Crippen LogP contribution in [-0.4, -0.2) is 64.6 Å². The van der Waals surface area contributed by atoms with Crippen LogP contribution in [0.15, 0.2) is 0 Å². The zero-order valence-electron chi connectivity index (χ0n) is 4.24. The Balaban J connectivity index is 0.000000250. The minimum atomic E-state index is 0. The molecule has 1 aliphatic rings. The first-order valence-electron chi connectivity index (χ1n) is 2.08. The van der Waals surface area contributed by atoms with E-state index in [1.165, 1.54) is 12.8 Å². The molecule has 0 bridgehead atoms. The van der Waals surface area contributed by atoms with Gasteiger partial charge in [0.25, 0.3) is 0 Å². The van der Waals surface area contributed by atoms with Gasteiger partial charge in [0.15, 0.2) is 0 Å². The normalized spacial score (nSPS) is 20.0. The molecule has 0 saturated carbocycles. The zero-order valence-corrected chi connectivity index (χ0v) is 7.36. The Kier molecular flexibility index (Phi) is 6.01. The molecule has 1 saturated heterocycles. The van der Waals surface area contributed by atoms with Crippen molar-refractivity contribution in [2.24, 2.45) is 0 Å². The topological polar surface area (TPSA) is 9.23 Å². The van der Waals surface area contributed by atoms with Gasteiger partial charge in [-0.3, -0.25) is 0 Å². The molecule has 1 radical (unpaired) electrons. The maximum absolute atomic E-state index is 4.94. The van der Waals surface area contributed by atoms with Gasteiger partial charge in [0.05, 0.1) is 0 Å². The molecule has 0 aromatic carbocycles. The minimum Gasteiger partial charge on any atom is -0.381 e. The van der Waals surface area contributed by atoms with E-state index in [2.05, 4.69) is 0 Å². The molecule has 6 heavy (non-hydrogen) atoms. The van der Waals surface area contributed by atoms with Crippen LogP contribution in [0.25, 0.3) is 0 Å². The van der Waals surface area contributed by atoms with Crippen molar-refractivity contribution in [1.29, 1.82) is 0 Å². The molecule has 0 aromatic rings. The van der Waals surface area contributed by atoms with E-state index in [0.29, 0.717) is 0 Å². The Bertz CT molecular complexity index is 19.1. The summed E-state index contributed by atoms with van der Waals surface area (Å²) in [6.07, 6.45) is 2.56. The molecule has 31 valence electrons. The number of hydrogen-bond acceptors (Lipinski definition) is 1. The molecule has 0 N–H and O–H groups in total. The van der Waals surface area contributed by atoms with Crippen LogP contribution in [0.4, 0.5) is 0 Å². The molecule has 1 fully saturated rings. The molecule has 0 amide bonds. The predicted molar refractivity (Wildman–Crippen MR) is 25.8 cm³/mol. The van der Waals surface area contributed by atoms with Gasteiger partial charge in [-0.1, -0.05) is 0 Å². The van der Waals surface area contributed by atoms with E-state index in [1.807, 2.05) is 0 Å². The van der Waals surface area contributed by atoms with Gasteiger partial charge in [-0.25, -0.2) is 0 Å². The summed E-state index contributed by atoms with van der Waals surface area (Å²) in [6, 6.07) is 0. The first kappa shape index (κ1) is 7.60. The molecule has 0 aromatic heterocycles. The summed E-state index contributed by atoms with van der Waals surface area (Å²) in [5, 5.41) is 0. The van der Waals surface area contributed by atoms with E-state index in [4.69, 9.17) is 4.74 Å². The van der Waals surface area contributed by atoms with Gasteiger partial charge in [0, 0.05) is 64.6 Å². The maximum atomic E-state index is 4.94. The van der Waals surface area contributed by atoms with Crippen molar-refractivity contribution in [3.05, 3.63) is 0 Å². The van der Waals surface area contributed by atoms with Crippen LogP contribution in [0.5, 0.6) is 0 Å². The summed E-state index contributed by atoms with van der Waals surface area (Å²) in [7, 11) is 0. The summed E-state index contributed by atoms with van der Waals surface area (Å²) in [5.74, 6) is 0. The van der Waals surface area contributed by atoms with Crippen molar-refractivity contribution in [3.63, 3.8) is 0 Å². The molecular formula is C4H8KO. The third-order valence-corrected chi connectivity index (χ3v) is 0.827. The van der Waals surface area contributed by atoms with Crippen molar-refractivity contribution in [2.45, 2.75) is 12.8 Å². The van der Waals surface area contributed by atoms with Crippen LogP contribution in [-0.2, 0) is 4.74 Å². The summed E-state index contributed by atoms with van der Waals surface area (Å²) in [5.41, 5.74) is 0. The van der Waals surface area contributed by atoms with E-state index in [0.717, 1.165) is 13.2 Å². The zero-order chi connectivity index (χ0) is 3.54. The molecule has 1 rings (SSSR count). The Morgan fingerprint density at radius 3 is 1.67 bits per heavy atom. The van der Waals surface area contributed by atoms with E-state index < -0.39 is 0 Å². The Hall–Kier alpha value is 1.60. The number of rotatable bonds is 0. The second-order valence-corrected chi connectivity index (χ2v) is 1.32. The number of hydrogen-bond donors (Lipinski definition) is 0. The van der Waals surface area contributed by atoms with Gasteiger partial charge >= 0.3 is 0 Å². The third-order valence-electron chi connectivity index (χ3n) is 0.827. The quantitative estimate of drug-likeness (QED) is 0.412. The second-order valence-electron chi connectivity index (χ2n) is 1.32. The van der Waals surface area contributed by atoms with E-state index >= 15 is 0 Å². The van der Waals surface area contributed by atoms with Gasteiger partial charge in [0.2, 0.25) is 0 Å². The SMILES string of the molecule is C1CCOC1.[K]. The largest absolute Gasteiger partial charge is 0.381 e. The Morgan fingerprint density at radius 1 is 1.00 bits per heavy atom. The Labute approximate surface area is 80.9 Å². The average molecular weight is 111 g/mol. The molecule has 0 spiro atoms. The van der Waals surface area contributed by atoms with Gasteiger partial charge in [-0.05, 0) is 12.8 Å². The Morgan fingerprint density at radius 2 is 1.50 bits per heavy atom. The van der Waals surface area contributed by atoms with Crippen LogP contribution in [0.3, 0.4) is 0 Å². The van der Waals surface area contributed by atoms with Crippen molar-refractivity contribution in [1.82, 2.24) is 0 Å². The molecular weight excluding hydrogens is 103 g/mol. The molecule has 0 atom stereocenters. The molecule has 1 nitrogen and oxygen atoms in total. The third kappa shape index (κ3) is 2.72. The molecule has 0 unspecified atom stereocenters. The van der Waals surface area contributed by atoms with E-state index in [1.54, 1.807) is 0 Å². The summed E-state index contributed by atoms with van der Waals surface area (Å²) in [4.78, 5) is 0.